The normalized spacial score (nSPS) is 10.8. The van der Waals surface area contributed by atoms with Gasteiger partial charge < -0.3 is 20.3 Å². The Kier molecular flexibility index (Phi) is 6.52. The highest BCUT2D eigenvalue weighted by atomic mass is 16.5. The summed E-state index contributed by atoms with van der Waals surface area (Å²) in [6.07, 6.45) is 0. The molecule has 2 N–H and O–H groups in total. The van der Waals surface area contributed by atoms with Gasteiger partial charge in [-0.15, -0.1) is 0 Å². The SMILES string of the molecule is CNc1nc(C)nc(NCCN(C)CCOC)c1C. The number of nitrogens with zero attached hydrogens (tertiary/aromatic N) is 3. The number of methoxy groups -OCH3 is 1. The fourth-order valence-corrected chi connectivity index (χ4v) is 1.77. The summed E-state index contributed by atoms with van der Waals surface area (Å²) in [5.74, 6) is 2.55. The van der Waals surface area contributed by atoms with Gasteiger partial charge in [-0.3, -0.25) is 0 Å². The molecule has 0 bridgehead atoms. The van der Waals surface area contributed by atoms with Crippen molar-refractivity contribution in [2.45, 2.75) is 13.8 Å². The van der Waals surface area contributed by atoms with E-state index >= 15 is 0 Å². The molecule has 0 unspecified atom stereocenters. The van der Waals surface area contributed by atoms with Crippen LogP contribution in [0.25, 0.3) is 0 Å². The van der Waals surface area contributed by atoms with Crippen LogP contribution in [0.2, 0.25) is 0 Å². The van der Waals surface area contributed by atoms with E-state index in [0.29, 0.717) is 0 Å². The minimum absolute atomic E-state index is 0.756. The molecule has 0 saturated carbocycles. The Bertz CT molecular complexity index is 397. The summed E-state index contributed by atoms with van der Waals surface area (Å²) < 4.78 is 5.05. The minimum Gasteiger partial charge on any atom is -0.383 e. The summed E-state index contributed by atoms with van der Waals surface area (Å²) in [6, 6.07) is 0. The van der Waals surface area contributed by atoms with Gasteiger partial charge in [-0.2, -0.15) is 0 Å². The van der Waals surface area contributed by atoms with Crippen LogP contribution in [0.3, 0.4) is 0 Å². The zero-order valence-electron chi connectivity index (χ0n) is 12.6. The van der Waals surface area contributed by atoms with Crippen LogP contribution in [-0.4, -0.2) is 62.3 Å². The van der Waals surface area contributed by atoms with Gasteiger partial charge in [0, 0.05) is 39.4 Å². The molecule has 1 heterocycles. The van der Waals surface area contributed by atoms with Crippen LogP contribution in [0.4, 0.5) is 11.6 Å². The Morgan fingerprint density at radius 2 is 1.84 bits per heavy atom. The lowest BCUT2D eigenvalue weighted by Crippen LogP contribution is -2.28. The lowest BCUT2D eigenvalue weighted by molar-refractivity contribution is 0.163. The molecular weight excluding hydrogens is 242 g/mol. The van der Waals surface area contributed by atoms with Crippen molar-refractivity contribution in [3.8, 4) is 0 Å². The number of hydrogen-bond donors (Lipinski definition) is 2. The highest BCUT2D eigenvalue weighted by Gasteiger charge is 2.07. The van der Waals surface area contributed by atoms with Crippen molar-refractivity contribution in [1.29, 1.82) is 0 Å². The van der Waals surface area contributed by atoms with Crippen LogP contribution in [0.15, 0.2) is 0 Å². The maximum atomic E-state index is 5.05. The summed E-state index contributed by atoms with van der Waals surface area (Å²) in [5.41, 5.74) is 1.05. The van der Waals surface area contributed by atoms with E-state index in [1.165, 1.54) is 0 Å². The van der Waals surface area contributed by atoms with Gasteiger partial charge in [0.25, 0.3) is 0 Å². The summed E-state index contributed by atoms with van der Waals surface area (Å²) in [6.45, 7) is 7.40. The summed E-state index contributed by atoms with van der Waals surface area (Å²) >= 11 is 0. The molecule has 1 rings (SSSR count). The zero-order valence-corrected chi connectivity index (χ0v) is 12.6. The Morgan fingerprint density at radius 3 is 2.47 bits per heavy atom. The molecule has 1 aromatic heterocycles. The third-order valence-electron chi connectivity index (χ3n) is 2.96. The molecule has 0 amide bonds. The molecule has 0 aliphatic heterocycles. The summed E-state index contributed by atoms with van der Waals surface area (Å²) in [4.78, 5) is 11.0. The zero-order chi connectivity index (χ0) is 14.3. The Morgan fingerprint density at radius 1 is 1.16 bits per heavy atom. The molecular formula is C13H25N5O. The van der Waals surface area contributed by atoms with E-state index in [4.69, 9.17) is 4.74 Å². The van der Waals surface area contributed by atoms with Crippen LogP contribution in [0.1, 0.15) is 11.4 Å². The average molecular weight is 267 g/mol. The number of ether oxygens (including phenoxy) is 1. The smallest absolute Gasteiger partial charge is 0.134 e. The number of nitrogens with one attached hydrogen (secondary N) is 2. The first-order valence-corrected chi connectivity index (χ1v) is 6.52. The van der Waals surface area contributed by atoms with Crippen molar-refractivity contribution in [3.63, 3.8) is 0 Å². The molecule has 0 spiro atoms. The Labute approximate surface area is 115 Å². The van der Waals surface area contributed by atoms with Gasteiger partial charge in [0.2, 0.25) is 0 Å². The van der Waals surface area contributed by atoms with Gasteiger partial charge in [0.1, 0.15) is 17.5 Å². The van der Waals surface area contributed by atoms with Crippen LogP contribution in [-0.2, 0) is 4.74 Å². The van der Waals surface area contributed by atoms with E-state index in [1.807, 2.05) is 20.9 Å². The van der Waals surface area contributed by atoms with E-state index in [0.717, 1.165) is 49.3 Å². The van der Waals surface area contributed by atoms with E-state index in [-0.39, 0.29) is 0 Å². The van der Waals surface area contributed by atoms with Gasteiger partial charge >= 0.3 is 0 Å². The maximum Gasteiger partial charge on any atom is 0.134 e. The number of aryl methyl sites for hydroxylation is 1. The van der Waals surface area contributed by atoms with Gasteiger partial charge in [0.15, 0.2) is 0 Å². The molecule has 0 aliphatic rings. The van der Waals surface area contributed by atoms with Crippen LogP contribution in [0.5, 0.6) is 0 Å². The van der Waals surface area contributed by atoms with Crippen molar-refractivity contribution >= 4 is 11.6 Å². The fraction of sp³-hybridized carbons (Fsp3) is 0.692. The molecule has 0 fully saturated rings. The van der Waals surface area contributed by atoms with Gasteiger partial charge in [-0.05, 0) is 20.9 Å². The van der Waals surface area contributed by atoms with Crippen molar-refractivity contribution in [2.75, 3.05) is 58.1 Å². The van der Waals surface area contributed by atoms with Crippen molar-refractivity contribution in [1.82, 2.24) is 14.9 Å². The second-order valence-corrected chi connectivity index (χ2v) is 4.57. The first kappa shape index (κ1) is 15.7. The van der Waals surface area contributed by atoms with E-state index < -0.39 is 0 Å². The lowest BCUT2D eigenvalue weighted by Gasteiger charge is -2.17. The summed E-state index contributed by atoms with van der Waals surface area (Å²) in [5, 5.41) is 6.45. The number of anilines is 2. The molecule has 0 aliphatic carbocycles. The molecule has 6 nitrogen and oxygen atoms in total. The maximum absolute atomic E-state index is 5.05. The topological polar surface area (TPSA) is 62.3 Å². The number of likely N-dealkylation sites (N-methyl/N-ethyl adjacent to an activating group) is 1. The monoisotopic (exact) mass is 267 g/mol. The number of aromatic nitrogens is 2. The Hall–Kier alpha value is -1.40. The molecule has 0 aromatic carbocycles. The fourth-order valence-electron chi connectivity index (χ4n) is 1.77. The molecule has 108 valence electrons. The van der Waals surface area contributed by atoms with Crippen molar-refractivity contribution in [3.05, 3.63) is 11.4 Å². The molecule has 0 saturated heterocycles. The second-order valence-electron chi connectivity index (χ2n) is 4.57. The standard InChI is InChI=1S/C13H25N5O/c1-10-12(14-3)16-11(2)17-13(10)15-6-7-18(4)8-9-19-5/h6-9H2,1-5H3,(H2,14,15,16,17). The predicted molar refractivity (Wildman–Crippen MR) is 78.9 cm³/mol. The highest BCUT2D eigenvalue weighted by Crippen LogP contribution is 2.18. The predicted octanol–water partition coefficient (Wildman–Crippen LogP) is 1.13. The molecule has 1 aromatic rings. The van der Waals surface area contributed by atoms with Crippen LogP contribution >= 0.6 is 0 Å². The van der Waals surface area contributed by atoms with E-state index in [2.05, 4.69) is 32.5 Å². The minimum atomic E-state index is 0.756. The van der Waals surface area contributed by atoms with Crippen LogP contribution in [0, 0.1) is 13.8 Å². The quantitative estimate of drug-likeness (QED) is 0.736. The molecule has 19 heavy (non-hydrogen) atoms. The number of hydrogen-bond acceptors (Lipinski definition) is 6. The second kappa shape index (κ2) is 7.91. The van der Waals surface area contributed by atoms with E-state index in [9.17, 15) is 0 Å². The third-order valence-corrected chi connectivity index (χ3v) is 2.96. The molecule has 6 heteroatoms. The average Bonchev–Trinajstić information content (AvgIpc) is 2.39. The van der Waals surface area contributed by atoms with Gasteiger partial charge in [-0.1, -0.05) is 0 Å². The summed E-state index contributed by atoms with van der Waals surface area (Å²) in [7, 11) is 5.67. The largest absolute Gasteiger partial charge is 0.383 e. The van der Waals surface area contributed by atoms with Gasteiger partial charge in [-0.25, -0.2) is 9.97 Å². The van der Waals surface area contributed by atoms with E-state index in [1.54, 1.807) is 7.11 Å². The lowest BCUT2D eigenvalue weighted by atomic mass is 10.3. The Balaban J connectivity index is 2.51. The number of rotatable bonds is 8. The molecule has 0 radical (unpaired) electrons. The first-order chi connectivity index (χ1) is 9.08. The first-order valence-electron chi connectivity index (χ1n) is 6.52. The third kappa shape index (κ3) is 5.00. The highest BCUT2D eigenvalue weighted by molar-refractivity contribution is 5.56. The van der Waals surface area contributed by atoms with Crippen LogP contribution < -0.4 is 10.6 Å². The van der Waals surface area contributed by atoms with Crippen molar-refractivity contribution < 1.29 is 4.74 Å². The van der Waals surface area contributed by atoms with Gasteiger partial charge in [0.05, 0.1) is 6.61 Å². The van der Waals surface area contributed by atoms with Crippen molar-refractivity contribution in [2.24, 2.45) is 0 Å². The molecule has 0 atom stereocenters.